The van der Waals surface area contributed by atoms with Crippen molar-refractivity contribution in [2.24, 2.45) is 5.73 Å². The molecule has 3 N–H and O–H groups in total. The highest BCUT2D eigenvalue weighted by atomic mass is 16.2. The zero-order valence-corrected chi connectivity index (χ0v) is 12.5. The lowest BCUT2D eigenvalue weighted by atomic mass is 9.99. The van der Waals surface area contributed by atoms with Crippen LogP contribution in [0.4, 0.5) is 0 Å². The molecule has 1 aliphatic heterocycles. The van der Waals surface area contributed by atoms with Gasteiger partial charge in [0.1, 0.15) is 6.04 Å². The van der Waals surface area contributed by atoms with E-state index in [0.29, 0.717) is 18.7 Å². The SMILES string of the molecule is CNC(=O)C1CCCCN1C(=O)c1cccc(CCN)c1. The minimum Gasteiger partial charge on any atom is -0.357 e. The molecule has 0 aliphatic carbocycles. The molecule has 1 atom stereocenters. The first-order valence-corrected chi connectivity index (χ1v) is 7.49. The lowest BCUT2D eigenvalue weighted by molar-refractivity contribution is -0.126. The minimum absolute atomic E-state index is 0.0674. The van der Waals surface area contributed by atoms with Crippen molar-refractivity contribution < 1.29 is 9.59 Å². The summed E-state index contributed by atoms with van der Waals surface area (Å²) in [7, 11) is 1.61. The molecule has 0 radical (unpaired) electrons. The third kappa shape index (κ3) is 3.61. The number of hydrogen-bond donors (Lipinski definition) is 2. The van der Waals surface area contributed by atoms with Crippen LogP contribution in [0.5, 0.6) is 0 Å². The second kappa shape index (κ2) is 7.22. The monoisotopic (exact) mass is 289 g/mol. The summed E-state index contributed by atoms with van der Waals surface area (Å²) in [6, 6.07) is 7.17. The van der Waals surface area contributed by atoms with Crippen molar-refractivity contribution in [3.8, 4) is 0 Å². The van der Waals surface area contributed by atoms with Gasteiger partial charge < -0.3 is 16.0 Å². The highest BCUT2D eigenvalue weighted by Crippen LogP contribution is 2.20. The highest BCUT2D eigenvalue weighted by molar-refractivity contribution is 5.97. The molecule has 2 rings (SSSR count). The minimum atomic E-state index is -0.352. The molecule has 5 heteroatoms. The molecule has 21 heavy (non-hydrogen) atoms. The fourth-order valence-electron chi connectivity index (χ4n) is 2.81. The Bertz CT molecular complexity index is 516. The molecule has 2 amide bonds. The van der Waals surface area contributed by atoms with Crippen LogP contribution < -0.4 is 11.1 Å². The van der Waals surface area contributed by atoms with Gasteiger partial charge in [0, 0.05) is 19.2 Å². The molecule has 1 aromatic carbocycles. The molecule has 0 saturated carbocycles. The Labute approximate surface area is 125 Å². The molecule has 1 aliphatic rings. The normalized spacial score (nSPS) is 18.4. The van der Waals surface area contributed by atoms with Crippen LogP contribution in [0, 0.1) is 0 Å². The number of carbonyl (C=O) groups is 2. The zero-order valence-electron chi connectivity index (χ0n) is 12.5. The Hall–Kier alpha value is -1.88. The molecule has 1 fully saturated rings. The van der Waals surface area contributed by atoms with Gasteiger partial charge in [-0.15, -0.1) is 0 Å². The van der Waals surface area contributed by atoms with Crippen molar-refractivity contribution in [2.45, 2.75) is 31.7 Å². The van der Waals surface area contributed by atoms with Crippen LogP contribution in [0.15, 0.2) is 24.3 Å². The molecule has 0 aromatic heterocycles. The average molecular weight is 289 g/mol. The second-order valence-electron chi connectivity index (χ2n) is 5.36. The smallest absolute Gasteiger partial charge is 0.254 e. The average Bonchev–Trinajstić information content (AvgIpc) is 2.54. The van der Waals surface area contributed by atoms with Crippen molar-refractivity contribution in [3.63, 3.8) is 0 Å². The summed E-state index contributed by atoms with van der Waals surface area (Å²) in [4.78, 5) is 26.4. The second-order valence-corrected chi connectivity index (χ2v) is 5.36. The number of benzene rings is 1. The number of likely N-dealkylation sites (tertiary alicyclic amines) is 1. The van der Waals surface area contributed by atoms with Gasteiger partial charge in [0.05, 0.1) is 0 Å². The molecule has 5 nitrogen and oxygen atoms in total. The topological polar surface area (TPSA) is 75.4 Å². The van der Waals surface area contributed by atoms with Crippen LogP contribution in [0.3, 0.4) is 0 Å². The van der Waals surface area contributed by atoms with Gasteiger partial charge in [-0.3, -0.25) is 9.59 Å². The largest absolute Gasteiger partial charge is 0.357 e. The fourth-order valence-corrected chi connectivity index (χ4v) is 2.81. The van der Waals surface area contributed by atoms with E-state index in [1.54, 1.807) is 18.0 Å². The quantitative estimate of drug-likeness (QED) is 0.866. The molecule has 1 saturated heterocycles. The number of rotatable bonds is 4. The van der Waals surface area contributed by atoms with E-state index in [0.717, 1.165) is 31.2 Å². The summed E-state index contributed by atoms with van der Waals surface area (Å²) >= 11 is 0. The summed E-state index contributed by atoms with van der Waals surface area (Å²) in [5, 5.41) is 2.65. The van der Waals surface area contributed by atoms with E-state index < -0.39 is 0 Å². The van der Waals surface area contributed by atoms with Crippen molar-refractivity contribution in [1.82, 2.24) is 10.2 Å². The van der Waals surface area contributed by atoms with Crippen LogP contribution in [-0.2, 0) is 11.2 Å². The molecule has 0 bridgehead atoms. The van der Waals surface area contributed by atoms with E-state index in [2.05, 4.69) is 5.32 Å². The van der Waals surface area contributed by atoms with Gasteiger partial charge in [0.25, 0.3) is 5.91 Å². The number of likely N-dealkylation sites (N-methyl/N-ethyl adjacent to an activating group) is 1. The van der Waals surface area contributed by atoms with Crippen LogP contribution >= 0.6 is 0 Å². The summed E-state index contributed by atoms with van der Waals surface area (Å²) in [5.74, 6) is -0.150. The van der Waals surface area contributed by atoms with Crippen LogP contribution in [-0.4, -0.2) is 42.9 Å². The highest BCUT2D eigenvalue weighted by Gasteiger charge is 2.31. The van der Waals surface area contributed by atoms with E-state index in [-0.39, 0.29) is 17.9 Å². The first kappa shape index (κ1) is 15.5. The molecule has 114 valence electrons. The lowest BCUT2D eigenvalue weighted by Gasteiger charge is -2.34. The van der Waals surface area contributed by atoms with Gasteiger partial charge in [-0.05, 0) is 49.9 Å². The summed E-state index contributed by atoms with van der Waals surface area (Å²) in [5.41, 5.74) is 7.25. The van der Waals surface area contributed by atoms with Crippen LogP contribution in [0.25, 0.3) is 0 Å². The molecule has 1 heterocycles. The lowest BCUT2D eigenvalue weighted by Crippen LogP contribution is -2.51. The predicted octanol–water partition coefficient (Wildman–Crippen LogP) is 0.928. The number of nitrogens with two attached hydrogens (primary N) is 1. The van der Waals surface area contributed by atoms with Gasteiger partial charge in [-0.25, -0.2) is 0 Å². The Morgan fingerprint density at radius 3 is 2.90 bits per heavy atom. The standard InChI is InChI=1S/C16H23N3O2/c1-18-15(20)14-7-2-3-10-19(14)16(21)13-6-4-5-12(11-13)8-9-17/h4-6,11,14H,2-3,7-10,17H2,1H3,(H,18,20). The van der Waals surface area contributed by atoms with E-state index in [9.17, 15) is 9.59 Å². The van der Waals surface area contributed by atoms with Crippen molar-refractivity contribution in [1.29, 1.82) is 0 Å². The molecule has 0 spiro atoms. The van der Waals surface area contributed by atoms with Gasteiger partial charge in [0.2, 0.25) is 5.91 Å². The maximum Gasteiger partial charge on any atom is 0.254 e. The fraction of sp³-hybridized carbons (Fsp3) is 0.500. The third-order valence-electron chi connectivity index (χ3n) is 3.92. The van der Waals surface area contributed by atoms with Crippen molar-refractivity contribution in [3.05, 3.63) is 35.4 Å². The third-order valence-corrected chi connectivity index (χ3v) is 3.92. The van der Waals surface area contributed by atoms with Crippen LogP contribution in [0.1, 0.15) is 35.2 Å². The molecule has 1 aromatic rings. The van der Waals surface area contributed by atoms with E-state index in [1.165, 1.54) is 0 Å². The Morgan fingerprint density at radius 1 is 1.38 bits per heavy atom. The molecule has 1 unspecified atom stereocenters. The number of nitrogens with one attached hydrogen (secondary N) is 1. The van der Waals surface area contributed by atoms with Gasteiger partial charge in [-0.1, -0.05) is 12.1 Å². The van der Waals surface area contributed by atoms with Crippen molar-refractivity contribution >= 4 is 11.8 Å². The Balaban J connectivity index is 2.20. The molecular formula is C16H23N3O2. The van der Waals surface area contributed by atoms with E-state index >= 15 is 0 Å². The summed E-state index contributed by atoms with van der Waals surface area (Å²) in [6.07, 6.45) is 3.41. The van der Waals surface area contributed by atoms with Crippen LogP contribution in [0.2, 0.25) is 0 Å². The summed E-state index contributed by atoms with van der Waals surface area (Å²) in [6.45, 7) is 1.19. The van der Waals surface area contributed by atoms with E-state index in [1.807, 2.05) is 18.2 Å². The van der Waals surface area contributed by atoms with Gasteiger partial charge in [-0.2, -0.15) is 0 Å². The number of amides is 2. The Kier molecular flexibility index (Phi) is 5.33. The predicted molar refractivity (Wildman–Crippen MR) is 81.9 cm³/mol. The number of carbonyl (C=O) groups excluding carboxylic acids is 2. The molecular weight excluding hydrogens is 266 g/mol. The van der Waals surface area contributed by atoms with Gasteiger partial charge >= 0.3 is 0 Å². The van der Waals surface area contributed by atoms with E-state index in [4.69, 9.17) is 5.73 Å². The maximum absolute atomic E-state index is 12.7. The first-order valence-electron chi connectivity index (χ1n) is 7.49. The number of piperidine rings is 1. The van der Waals surface area contributed by atoms with Gasteiger partial charge in [0.15, 0.2) is 0 Å². The summed E-state index contributed by atoms with van der Waals surface area (Å²) < 4.78 is 0. The Morgan fingerprint density at radius 2 is 2.19 bits per heavy atom. The maximum atomic E-state index is 12.7. The zero-order chi connectivity index (χ0) is 15.2. The number of hydrogen-bond acceptors (Lipinski definition) is 3. The first-order chi connectivity index (χ1) is 10.2. The van der Waals surface area contributed by atoms with Crippen molar-refractivity contribution in [2.75, 3.05) is 20.1 Å². The number of nitrogens with zero attached hydrogens (tertiary/aromatic N) is 1.